The molecule has 76 valence electrons. The number of nitrogens with one attached hydrogen (secondary N) is 1. The maximum atomic E-state index is 11.2. The van der Waals surface area contributed by atoms with Crippen molar-refractivity contribution < 1.29 is 9.53 Å². The Hall–Kier alpha value is -1.23. The van der Waals surface area contributed by atoms with Crippen LogP contribution in [0.4, 0.5) is 11.4 Å². The maximum absolute atomic E-state index is 11.2. The first-order valence-electron chi connectivity index (χ1n) is 3.95. The van der Waals surface area contributed by atoms with Crippen LogP contribution in [0.15, 0.2) is 16.6 Å². The summed E-state index contributed by atoms with van der Waals surface area (Å²) in [5.41, 5.74) is 7.42. The fourth-order valence-electron chi connectivity index (χ4n) is 1.13. The molecule has 0 atom stereocenters. The molecule has 0 aliphatic carbocycles. The predicted molar refractivity (Wildman–Crippen MR) is 59.4 cm³/mol. The first-order valence-corrected chi connectivity index (χ1v) is 4.74. The van der Waals surface area contributed by atoms with Gasteiger partial charge in [-0.3, -0.25) is 0 Å². The molecule has 3 N–H and O–H groups in total. The monoisotopic (exact) mass is 258 g/mol. The summed E-state index contributed by atoms with van der Waals surface area (Å²) < 4.78 is 5.32. The van der Waals surface area contributed by atoms with Gasteiger partial charge in [-0.1, -0.05) is 0 Å². The van der Waals surface area contributed by atoms with Gasteiger partial charge in [0.15, 0.2) is 0 Å². The van der Waals surface area contributed by atoms with Crippen LogP contribution in [0.1, 0.15) is 10.4 Å². The van der Waals surface area contributed by atoms with E-state index in [2.05, 4.69) is 26.0 Å². The van der Waals surface area contributed by atoms with Gasteiger partial charge >= 0.3 is 5.97 Å². The van der Waals surface area contributed by atoms with Crippen LogP contribution in [0.25, 0.3) is 0 Å². The number of hydrogen-bond donors (Lipinski definition) is 2. The molecule has 0 aliphatic rings. The van der Waals surface area contributed by atoms with Crippen molar-refractivity contribution in [3.05, 3.63) is 22.2 Å². The third-order valence-corrected chi connectivity index (χ3v) is 2.42. The van der Waals surface area contributed by atoms with Crippen LogP contribution < -0.4 is 11.1 Å². The molecular weight excluding hydrogens is 248 g/mol. The van der Waals surface area contributed by atoms with Crippen molar-refractivity contribution >= 4 is 33.3 Å². The van der Waals surface area contributed by atoms with Crippen molar-refractivity contribution in [2.45, 2.75) is 0 Å². The largest absolute Gasteiger partial charge is 0.465 e. The van der Waals surface area contributed by atoms with Gasteiger partial charge in [-0.2, -0.15) is 0 Å². The summed E-state index contributed by atoms with van der Waals surface area (Å²) in [6.07, 6.45) is 0. The normalized spacial score (nSPS) is 9.64. The van der Waals surface area contributed by atoms with Gasteiger partial charge in [-0.15, -0.1) is 0 Å². The Balaban J connectivity index is 3.20. The number of halogens is 1. The third kappa shape index (κ3) is 1.98. The van der Waals surface area contributed by atoms with E-state index in [1.165, 1.54) is 7.11 Å². The van der Waals surface area contributed by atoms with Crippen molar-refractivity contribution in [3.8, 4) is 0 Å². The Morgan fingerprint density at radius 2 is 2.21 bits per heavy atom. The van der Waals surface area contributed by atoms with Gasteiger partial charge < -0.3 is 15.8 Å². The van der Waals surface area contributed by atoms with Crippen molar-refractivity contribution in [2.24, 2.45) is 0 Å². The van der Waals surface area contributed by atoms with Gasteiger partial charge in [0.25, 0.3) is 0 Å². The number of nitrogens with two attached hydrogens (primary N) is 1. The Morgan fingerprint density at radius 1 is 1.57 bits per heavy atom. The zero-order valence-corrected chi connectivity index (χ0v) is 9.51. The molecule has 0 aliphatic heterocycles. The highest BCUT2D eigenvalue weighted by molar-refractivity contribution is 9.10. The lowest BCUT2D eigenvalue weighted by Crippen LogP contribution is -2.04. The minimum atomic E-state index is -0.403. The minimum absolute atomic E-state index is 0.403. The summed E-state index contributed by atoms with van der Waals surface area (Å²) in [4.78, 5) is 11.2. The van der Waals surface area contributed by atoms with E-state index in [1.54, 1.807) is 19.2 Å². The van der Waals surface area contributed by atoms with E-state index in [4.69, 9.17) is 5.73 Å². The fraction of sp³-hybridized carbons (Fsp3) is 0.222. The highest BCUT2D eigenvalue weighted by Crippen LogP contribution is 2.30. The summed E-state index contributed by atoms with van der Waals surface area (Å²) in [5, 5.41) is 2.92. The van der Waals surface area contributed by atoms with Crippen LogP contribution in [-0.2, 0) is 4.74 Å². The van der Waals surface area contributed by atoms with Crippen molar-refractivity contribution in [1.29, 1.82) is 0 Å². The molecule has 0 spiro atoms. The first-order chi connectivity index (χ1) is 6.60. The number of anilines is 2. The number of rotatable bonds is 2. The van der Waals surface area contributed by atoms with Crippen LogP contribution in [-0.4, -0.2) is 20.1 Å². The zero-order chi connectivity index (χ0) is 10.7. The van der Waals surface area contributed by atoms with E-state index < -0.39 is 5.97 Å². The Bertz CT molecular complexity index is 343. The fourth-order valence-corrected chi connectivity index (χ4v) is 1.80. The van der Waals surface area contributed by atoms with Crippen LogP contribution in [0.3, 0.4) is 0 Å². The number of ether oxygens (including phenoxy) is 1. The molecule has 0 unspecified atom stereocenters. The summed E-state index contributed by atoms with van der Waals surface area (Å²) in [6, 6.07) is 3.23. The number of esters is 1. The van der Waals surface area contributed by atoms with Crippen molar-refractivity contribution in [2.75, 3.05) is 25.2 Å². The Labute approximate surface area is 90.6 Å². The number of hydrogen-bond acceptors (Lipinski definition) is 4. The van der Waals surface area contributed by atoms with E-state index in [9.17, 15) is 4.79 Å². The maximum Gasteiger partial charge on any atom is 0.337 e. The van der Waals surface area contributed by atoms with Crippen LogP contribution in [0.2, 0.25) is 0 Å². The number of benzene rings is 1. The highest BCUT2D eigenvalue weighted by atomic mass is 79.9. The standard InChI is InChI=1S/C9H11BrN2O2/c1-12-8-6(10)3-5(4-7(8)11)9(13)14-2/h3-4,12H,11H2,1-2H3. The molecule has 0 aromatic heterocycles. The second-order valence-corrected chi connectivity index (χ2v) is 3.52. The van der Waals surface area contributed by atoms with Crippen LogP contribution in [0, 0.1) is 0 Å². The molecule has 0 radical (unpaired) electrons. The molecule has 1 aromatic rings. The molecule has 0 saturated carbocycles. The van der Waals surface area contributed by atoms with Gasteiger partial charge in [-0.05, 0) is 28.1 Å². The molecule has 0 amide bonds. The summed E-state index contributed by atoms with van der Waals surface area (Å²) >= 11 is 3.31. The second-order valence-electron chi connectivity index (χ2n) is 2.66. The molecule has 0 heterocycles. The zero-order valence-electron chi connectivity index (χ0n) is 7.93. The molecule has 0 saturated heterocycles. The number of carbonyl (C=O) groups is 1. The summed E-state index contributed by atoms with van der Waals surface area (Å²) in [5.74, 6) is -0.403. The third-order valence-electron chi connectivity index (χ3n) is 1.79. The van der Waals surface area contributed by atoms with E-state index in [1.807, 2.05) is 0 Å². The van der Waals surface area contributed by atoms with E-state index in [-0.39, 0.29) is 0 Å². The van der Waals surface area contributed by atoms with E-state index in [0.717, 1.165) is 10.2 Å². The molecule has 5 heteroatoms. The molecule has 1 rings (SSSR count). The van der Waals surface area contributed by atoms with Crippen LogP contribution >= 0.6 is 15.9 Å². The molecule has 1 aromatic carbocycles. The molecule has 14 heavy (non-hydrogen) atoms. The smallest absolute Gasteiger partial charge is 0.337 e. The SMILES string of the molecule is CNc1c(N)cc(C(=O)OC)cc1Br. The topological polar surface area (TPSA) is 64.3 Å². The lowest BCUT2D eigenvalue weighted by Gasteiger charge is -2.09. The van der Waals surface area contributed by atoms with Gasteiger partial charge in [0, 0.05) is 11.5 Å². The summed E-state index contributed by atoms with van der Waals surface area (Å²) in [6.45, 7) is 0. The average molecular weight is 259 g/mol. The number of carbonyl (C=O) groups excluding carboxylic acids is 1. The van der Waals surface area contributed by atoms with Gasteiger partial charge in [0.05, 0.1) is 24.0 Å². The molecule has 0 fully saturated rings. The van der Waals surface area contributed by atoms with Gasteiger partial charge in [0.1, 0.15) is 0 Å². The molecule has 4 nitrogen and oxygen atoms in total. The minimum Gasteiger partial charge on any atom is -0.465 e. The molecule has 0 bridgehead atoms. The van der Waals surface area contributed by atoms with Gasteiger partial charge in [0.2, 0.25) is 0 Å². The van der Waals surface area contributed by atoms with E-state index >= 15 is 0 Å². The van der Waals surface area contributed by atoms with Crippen molar-refractivity contribution in [1.82, 2.24) is 0 Å². The quantitative estimate of drug-likeness (QED) is 0.628. The van der Waals surface area contributed by atoms with Crippen LogP contribution in [0.5, 0.6) is 0 Å². The average Bonchev–Trinajstić information content (AvgIpc) is 2.16. The lowest BCUT2D eigenvalue weighted by atomic mass is 10.2. The first kappa shape index (κ1) is 10.8. The second kappa shape index (κ2) is 4.32. The van der Waals surface area contributed by atoms with Gasteiger partial charge in [-0.25, -0.2) is 4.79 Å². The van der Waals surface area contributed by atoms with Crippen molar-refractivity contribution in [3.63, 3.8) is 0 Å². The predicted octanol–water partition coefficient (Wildman–Crippen LogP) is 1.86. The molecular formula is C9H11BrN2O2. The number of methoxy groups -OCH3 is 1. The Kier molecular flexibility index (Phi) is 3.35. The summed E-state index contributed by atoms with van der Waals surface area (Å²) in [7, 11) is 3.09. The number of nitrogen functional groups attached to an aromatic ring is 1. The highest BCUT2D eigenvalue weighted by Gasteiger charge is 2.10. The lowest BCUT2D eigenvalue weighted by molar-refractivity contribution is 0.0601. The van der Waals surface area contributed by atoms with E-state index in [0.29, 0.717) is 11.3 Å². The Morgan fingerprint density at radius 3 is 2.64 bits per heavy atom.